The van der Waals surface area contributed by atoms with Gasteiger partial charge in [0.05, 0.1) is 11.2 Å². The molecule has 2 N–H and O–H groups in total. The third kappa shape index (κ3) is 4.89. The smallest absolute Gasteiger partial charge is 0.137 e. The molecule has 0 amide bonds. The summed E-state index contributed by atoms with van der Waals surface area (Å²) < 4.78 is 5.62. The van der Waals surface area contributed by atoms with Crippen LogP contribution < -0.4 is 10.5 Å². The molecule has 2 aromatic rings. The van der Waals surface area contributed by atoms with Crippen molar-refractivity contribution in [2.24, 2.45) is 5.73 Å². The predicted molar refractivity (Wildman–Crippen MR) is 77.4 cm³/mol. The molecule has 19 heavy (non-hydrogen) atoms. The molecule has 2 rings (SSSR count). The number of nitrogens with two attached hydrogens (primary N) is 1. The second-order valence-corrected chi connectivity index (χ2v) is 5.29. The lowest BCUT2D eigenvalue weighted by molar-refractivity contribution is 0.296. The quantitative estimate of drug-likeness (QED) is 0.820. The van der Waals surface area contributed by atoms with E-state index in [1.807, 2.05) is 31.2 Å². The largest absolute Gasteiger partial charge is 0.490 e. The Hall–Kier alpha value is -1.59. The lowest BCUT2D eigenvalue weighted by Gasteiger charge is -2.12. The fourth-order valence-corrected chi connectivity index (χ4v) is 2.27. The maximum Gasteiger partial charge on any atom is 0.137 e. The lowest BCUT2D eigenvalue weighted by atomic mass is 10.3. The van der Waals surface area contributed by atoms with Crippen LogP contribution in [0.5, 0.6) is 5.75 Å². The fraction of sp³-hybridized carbons (Fsp3) is 0.286. The first kappa shape index (κ1) is 13.8. The topological polar surface area (TPSA) is 61.0 Å². The van der Waals surface area contributed by atoms with Crippen molar-refractivity contribution in [3.8, 4) is 5.75 Å². The summed E-state index contributed by atoms with van der Waals surface area (Å²) in [5.41, 5.74) is 7.09. The van der Waals surface area contributed by atoms with Crippen LogP contribution in [0.3, 0.4) is 0 Å². The van der Waals surface area contributed by atoms with Gasteiger partial charge in [-0.25, -0.2) is 4.98 Å². The number of ether oxygens (including phenoxy) is 1. The summed E-state index contributed by atoms with van der Waals surface area (Å²) in [6.07, 6.45) is 5.28. The standard InChI is InChI=1S/C14H17N3OS/c1-11-6-13(8-16-7-11)18-9-12(15)10-19-14-4-2-3-5-17-14/h2-8,12H,9-10,15H2,1H3. The third-order valence-corrected chi connectivity index (χ3v) is 3.53. The van der Waals surface area contributed by atoms with E-state index in [-0.39, 0.29) is 6.04 Å². The highest BCUT2D eigenvalue weighted by Crippen LogP contribution is 2.15. The normalized spacial score (nSPS) is 12.1. The summed E-state index contributed by atoms with van der Waals surface area (Å²) >= 11 is 1.64. The minimum Gasteiger partial charge on any atom is -0.490 e. The Morgan fingerprint density at radius 1 is 1.37 bits per heavy atom. The van der Waals surface area contributed by atoms with Gasteiger partial charge in [0.1, 0.15) is 12.4 Å². The SMILES string of the molecule is Cc1cncc(OCC(N)CSc2ccccn2)c1. The summed E-state index contributed by atoms with van der Waals surface area (Å²) in [5.74, 6) is 1.54. The molecule has 100 valence electrons. The highest BCUT2D eigenvalue weighted by molar-refractivity contribution is 7.99. The molecule has 0 radical (unpaired) electrons. The van der Waals surface area contributed by atoms with Gasteiger partial charge < -0.3 is 10.5 Å². The van der Waals surface area contributed by atoms with Gasteiger partial charge in [-0.05, 0) is 30.7 Å². The molecule has 0 bridgehead atoms. The van der Waals surface area contributed by atoms with Crippen LogP contribution in [0.1, 0.15) is 5.56 Å². The van der Waals surface area contributed by atoms with Crippen molar-refractivity contribution >= 4 is 11.8 Å². The highest BCUT2D eigenvalue weighted by Gasteiger charge is 2.05. The number of hydrogen-bond donors (Lipinski definition) is 1. The molecule has 0 aromatic carbocycles. The van der Waals surface area contributed by atoms with Crippen molar-refractivity contribution in [3.05, 3.63) is 48.4 Å². The molecule has 0 fully saturated rings. The Kier molecular flexibility index (Phi) is 5.18. The minimum atomic E-state index is -0.0347. The maximum absolute atomic E-state index is 6.01. The Morgan fingerprint density at radius 3 is 3.00 bits per heavy atom. The number of aryl methyl sites for hydroxylation is 1. The monoisotopic (exact) mass is 275 g/mol. The summed E-state index contributed by atoms with van der Waals surface area (Å²) in [4.78, 5) is 8.31. The van der Waals surface area contributed by atoms with Crippen LogP contribution in [0.15, 0.2) is 47.9 Å². The first-order valence-electron chi connectivity index (χ1n) is 6.08. The van der Waals surface area contributed by atoms with Crippen LogP contribution >= 0.6 is 11.8 Å². The van der Waals surface area contributed by atoms with E-state index >= 15 is 0 Å². The van der Waals surface area contributed by atoms with E-state index in [1.165, 1.54) is 0 Å². The average molecular weight is 275 g/mol. The first-order chi connectivity index (χ1) is 9.24. The van der Waals surface area contributed by atoms with Gasteiger partial charge in [-0.15, -0.1) is 11.8 Å². The number of hydrogen-bond acceptors (Lipinski definition) is 5. The van der Waals surface area contributed by atoms with E-state index < -0.39 is 0 Å². The van der Waals surface area contributed by atoms with Crippen LogP contribution in [0.4, 0.5) is 0 Å². The average Bonchev–Trinajstić information content (AvgIpc) is 2.44. The Bertz CT molecular complexity index is 507. The zero-order chi connectivity index (χ0) is 13.5. The molecular formula is C14H17N3OS. The van der Waals surface area contributed by atoms with Crippen LogP contribution in [0.25, 0.3) is 0 Å². The molecule has 0 saturated heterocycles. The van der Waals surface area contributed by atoms with E-state index in [4.69, 9.17) is 10.5 Å². The van der Waals surface area contributed by atoms with E-state index in [0.29, 0.717) is 6.61 Å². The summed E-state index contributed by atoms with van der Waals surface area (Å²) in [7, 11) is 0. The van der Waals surface area contributed by atoms with Crippen molar-refractivity contribution in [1.29, 1.82) is 0 Å². The molecule has 1 unspecified atom stereocenters. The van der Waals surface area contributed by atoms with Gasteiger partial charge >= 0.3 is 0 Å². The van der Waals surface area contributed by atoms with Gasteiger partial charge in [0.15, 0.2) is 0 Å². The van der Waals surface area contributed by atoms with Gasteiger partial charge in [-0.1, -0.05) is 6.07 Å². The predicted octanol–water partition coefficient (Wildman–Crippen LogP) is 2.28. The molecular weight excluding hydrogens is 258 g/mol. The van der Waals surface area contributed by atoms with Crippen molar-refractivity contribution in [1.82, 2.24) is 9.97 Å². The molecule has 1 atom stereocenters. The van der Waals surface area contributed by atoms with Gasteiger partial charge in [0, 0.05) is 24.2 Å². The van der Waals surface area contributed by atoms with Gasteiger partial charge in [-0.3, -0.25) is 4.98 Å². The zero-order valence-electron chi connectivity index (χ0n) is 10.8. The Labute approximate surface area is 117 Å². The van der Waals surface area contributed by atoms with Crippen molar-refractivity contribution < 1.29 is 4.74 Å². The van der Waals surface area contributed by atoms with Crippen LogP contribution in [0.2, 0.25) is 0 Å². The fourth-order valence-electron chi connectivity index (χ4n) is 1.48. The Balaban J connectivity index is 1.74. The zero-order valence-corrected chi connectivity index (χ0v) is 11.6. The molecule has 0 aliphatic rings. The summed E-state index contributed by atoms with van der Waals surface area (Å²) in [6.45, 7) is 2.46. The number of thioether (sulfide) groups is 1. The molecule has 4 nitrogen and oxygen atoms in total. The molecule has 0 saturated carbocycles. The van der Waals surface area contributed by atoms with Crippen molar-refractivity contribution in [3.63, 3.8) is 0 Å². The molecule has 0 aliphatic carbocycles. The lowest BCUT2D eigenvalue weighted by Crippen LogP contribution is -2.30. The maximum atomic E-state index is 6.01. The molecule has 0 aliphatic heterocycles. The minimum absolute atomic E-state index is 0.0347. The third-order valence-electron chi connectivity index (χ3n) is 2.40. The van der Waals surface area contributed by atoms with Gasteiger partial charge in [0.2, 0.25) is 0 Å². The number of aromatic nitrogens is 2. The molecule has 0 spiro atoms. The first-order valence-corrected chi connectivity index (χ1v) is 7.06. The molecule has 5 heteroatoms. The second-order valence-electron chi connectivity index (χ2n) is 4.25. The van der Waals surface area contributed by atoms with E-state index in [2.05, 4.69) is 9.97 Å². The van der Waals surface area contributed by atoms with Crippen LogP contribution in [-0.2, 0) is 0 Å². The van der Waals surface area contributed by atoms with E-state index in [1.54, 1.807) is 30.4 Å². The number of pyridine rings is 2. The van der Waals surface area contributed by atoms with E-state index in [0.717, 1.165) is 22.1 Å². The number of nitrogens with zero attached hydrogens (tertiary/aromatic N) is 2. The summed E-state index contributed by atoms with van der Waals surface area (Å²) in [6, 6.07) is 7.76. The second kappa shape index (κ2) is 7.11. The molecule has 2 heterocycles. The molecule has 2 aromatic heterocycles. The van der Waals surface area contributed by atoms with Crippen molar-refractivity contribution in [2.45, 2.75) is 18.0 Å². The van der Waals surface area contributed by atoms with Gasteiger partial charge in [0.25, 0.3) is 0 Å². The van der Waals surface area contributed by atoms with Crippen LogP contribution in [-0.4, -0.2) is 28.4 Å². The summed E-state index contributed by atoms with van der Waals surface area (Å²) in [5, 5.41) is 0.982. The van der Waals surface area contributed by atoms with E-state index in [9.17, 15) is 0 Å². The Morgan fingerprint density at radius 2 is 2.26 bits per heavy atom. The number of rotatable bonds is 6. The van der Waals surface area contributed by atoms with Gasteiger partial charge in [-0.2, -0.15) is 0 Å². The van der Waals surface area contributed by atoms with Crippen molar-refractivity contribution in [2.75, 3.05) is 12.4 Å². The van der Waals surface area contributed by atoms with Crippen LogP contribution in [0, 0.1) is 6.92 Å². The highest BCUT2D eigenvalue weighted by atomic mass is 32.2.